The summed E-state index contributed by atoms with van der Waals surface area (Å²) in [5.41, 5.74) is 0. The van der Waals surface area contributed by atoms with E-state index in [1.807, 2.05) is 6.26 Å². The number of carbonyl (C=O) groups excluding carboxylic acids is 1. The van der Waals surface area contributed by atoms with Gasteiger partial charge in [0.15, 0.2) is 0 Å². The predicted molar refractivity (Wildman–Crippen MR) is 77.5 cm³/mol. The number of carboxylic acids is 1. The van der Waals surface area contributed by atoms with Gasteiger partial charge >= 0.3 is 12.0 Å². The number of hydrogen-bond acceptors (Lipinski definition) is 3. The summed E-state index contributed by atoms with van der Waals surface area (Å²) in [5, 5.41) is 14.3. The van der Waals surface area contributed by atoms with Crippen molar-refractivity contribution in [2.45, 2.75) is 38.6 Å². The molecule has 1 fully saturated rings. The monoisotopic (exact) mass is 288 g/mol. The minimum atomic E-state index is -0.973. The van der Waals surface area contributed by atoms with Crippen LogP contribution in [0.2, 0.25) is 0 Å². The van der Waals surface area contributed by atoms with E-state index in [9.17, 15) is 9.59 Å². The minimum Gasteiger partial charge on any atom is -0.480 e. The molecule has 3 N–H and O–H groups in total. The molecule has 1 aliphatic carbocycles. The molecule has 0 saturated heterocycles. The summed E-state index contributed by atoms with van der Waals surface area (Å²) in [4.78, 5) is 22.7. The van der Waals surface area contributed by atoms with Crippen molar-refractivity contribution >= 4 is 23.8 Å². The summed E-state index contributed by atoms with van der Waals surface area (Å²) in [7, 11) is 0. The fourth-order valence-corrected chi connectivity index (χ4v) is 2.92. The Morgan fingerprint density at radius 2 is 2.16 bits per heavy atom. The van der Waals surface area contributed by atoms with Gasteiger partial charge in [-0.3, -0.25) is 0 Å². The van der Waals surface area contributed by atoms with Crippen LogP contribution < -0.4 is 10.6 Å². The van der Waals surface area contributed by atoms with E-state index < -0.39 is 12.0 Å². The second-order valence-corrected chi connectivity index (χ2v) is 6.30. The molecule has 1 rings (SSSR count). The lowest BCUT2D eigenvalue weighted by Gasteiger charge is -2.16. The highest BCUT2D eigenvalue weighted by atomic mass is 32.2. The Labute approximate surface area is 118 Å². The Hall–Kier alpha value is -0.910. The number of amides is 2. The number of urea groups is 1. The van der Waals surface area contributed by atoms with Gasteiger partial charge in [-0.1, -0.05) is 13.3 Å². The van der Waals surface area contributed by atoms with Crippen LogP contribution in [0.15, 0.2) is 0 Å². The van der Waals surface area contributed by atoms with Crippen molar-refractivity contribution in [2.24, 2.45) is 11.8 Å². The Kier molecular flexibility index (Phi) is 7.05. The van der Waals surface area contributed by atoms with E-state index in [4.69, 9.17) is 5.11 Å². The van der Waals surface area contributed by atoms with Crippen LogP contribution in [-0.2, 0) is 4.79 Å². The molecule has 0 spiro atoms. The van der Waals surface area contributed by atoms with Crippen LogP contribution >= 0.6 is 11.8 Å². The number of hydrogen-bond donors (Lipinski definition) is 3. The fourth-order valence-electron chi connectivity index (χ4n) is 2.45. The Bertz CT molecular complexity index is 312. The zero-order chi connectivity index (χ0) is 14.3. The van der Waals surface area contributed by atoms with E-state index in [-0.39, 0.29) is 6.03 Å². The molecule has 0 heterocycles. The van der Waals surface area contributed by atoms with Crippen LogP contribution in [0.4, 0.5) is 4.79 Å². The summed E-state index contributed by atoms with van der Waals surface area (Å²) in [6.45, 7) is 2.87. The Balaban J connectivity index is 2.26. The van der Waals surface area contributed by atoms with Gasteiger partial charge in [-0.2, -0.15) is 11.8 Å². The van der Waals surface area contributed by atoms with E-state index in [2.05, 4.69) is 17.6 Å². The lowest BCUT2D eigenvalue weighted by atomic mass is 10.1. The highest BCUT2D eigenvalue weighted by molar-refractivity contribution is 7.98. The van der Waals surface area contributed by atoms with Crippen molar-refractivity contribution in [3.8, 4) is 0 Å². The minimum absolute atomic E-state index is 0.368. The van der Waals surface area contributed by atoms with Gasteiger partial charge in [0.2, 0.25) is 0 Å². The number of carboxylic acid groups (broad SMARTS) is 1. The Morgan fingerprint density at radius 1 is 1.42 bits per heavy atom. The molecular formula is C13H24N2O3S. The standard InChI is InChI=1S/C13H24N2O3S/c1-9-3-4-10(7-9)8-14-13(18)15-11(12(16)17)5-6-19-2/h9-11H,3-8H2,1-2H3,(H,16,17)(H2,14,15,18)/t9?,10?,11-/m0/s1. The van der Waals surface area contributed by atoms with Gasteiger partial charge in [0.1, 0.15) is 6.04 Å². The quantitative estimate of drug-likeness (QED) is 0.669. The number of carbonyl (C=O) groups is 2. The van der Waals surface area contributed by atoms with Gasteiger partial charge < -0.3 is 15.7 Å². The molecule has 0 radical (unpaired) electrons. The maximum Gasteiger partial charge on any atom is 0.326 e. The van der Waals surface area contributed by atoms with Gasteiger partial charge in [-0.15, -0.1) is 0 Å². The van der Waals surface area contributed by atoms with Crippen molar-refractivity contribution in [1.82, 2.24) is 10.6 Å². The van der Waals surface area contributed by atoms with E-state index >= 15 is 0 Å². The molecule has 5 nitrogen and oxygen atoms in total. The zero-order valence-corrected chi connectivity index (χ0v) is 12.5. The Morgan fingerprint density at radius 3 is 2.68 bits per heavy atom. The van der Waals surface area contributed by atoms with Crippen molar-refractivity contribution in [3.05, 3.63) is 0 Å². The average molecular weight is 288 g/mol. The van der Waals surface area contributed by atoms with Gasteiger partial charge in [0.25, 0.3) is 0 Å². The number of thioether (sulfide) groups is 1. The van der Waals surface area contributed by atoms with Crippen LogP contribution in [0.3, 0.4) is 0 Å². The molecule has 0 aromatic rings. The third-order valence-corrected chi connectivity index (χ3v) is 4.21. The van der Waals surface area contributed by atoms with Gasteiger partial charge in [-0.05, 0) is 43.1 Å². The first-order valence-electron chi connectivity index (χ1n) is 6.79. The maximum atomic E-state index is 11.7. The topological polar surface area (TPSA) is 78.4 Å². The molecule has 110 valence electrons. The number of nitrogens with one attached hydrogen (secondary N) is 2. The smallest absolute Gasteiger partial charge is 0.326 e. The highest BCUT2D eigenvalue weighted by Crippen LogP contribution is 2.29. The zero-order valence-electron chi connectivity index (χ0n) is 11.6. The second kappa shape index (κ2) is 8.30. The summed E-state index contributed by atoms with van der Waals surface area (Å²) in [6.07, 6.45) is 5.88. The van der Waals surface area contributed by atoms with Gasteiger partial charge in [-0.25, -0.2) is 9.59 Å². The summed E-state index contributed by atoms with van der Waals surface area (Å²) < 4.78 is 0. The molecule has 0 aromatic heterocycles. The molecule has 19 heavy (non-hydrogen) atoms. The van der Waals surface area contributed by atoms with E-state index in [0.29, 0.717) is 18.9 Å². The molecule has 3 atom stereocenters. The van der Waals surface area contributed by atoms with E-state index in [1.54, 1.807) is 11.8 Å². The summed E-state index contributed by atoms with van der Waals surface area (Å²) in [5.74, 6) is 1.02. The number of rotatable bonds is 7. The SMILES string of the molecule is CSCC[C@H](NC(=O)NCC1CCC(C)C1)C(=O)O. The fraction of sp³-hybridized carbons (Fsp3) is 0.846. The predicted octanol–water partition coefficient (Wildman–Crippen LogP) is 1.93. The van der Waals surface area contributed by atoms with Crippen LogP contribution in [0.5, 0.6) is 0 Å². The van der Waals surface area contributed by atoms with Crippen LogP contribution in [0.1, 0.15) is 32.6 Å². The van der Waals surface area contributed by atoms with Gasteiger partial charge in [0.05, 0.1) is 0 Å². The van der Waals surface area contributed by atoms with Crippen molar-refractivity contribution in [1.29, 1.82) is 0 Å². The average Bonchev–Trinajstić information content (AvgIpc) is 2.77. The lowest BCUT2D eigenvalue weighted by molar-refractivity contribution is -0.139. The molecule has 2 unspecified atom stereocenters. The van der Waals surface area contributed by atoms with Crippen LogP contribution in [0.25, 0.3) is 0 Å². The van der Waals surface area contributed by atoms with Crippen LogP contribution in [-0.4, -0.2) is 41.7 Å². The molecule has 1 saturated carbocycles. The first-order chi connectivity index (χ1) is 9.02. The van der Waals surface area contributed by atoms with Crippen molar-refractivity contribution in [3.63, 3.8) is 0 Å². The maximum absolute atomic E-state index is 11.7. The molecule has 6 heteroatoms. The summed E-state index contributed by atoms with van der Waals surface area (Å²) >= 11 is 1.57. The first kappa shape index (κ1) is 16.1. The lowest BCUT2D eigenvalue weighted by Crippen LogP contribution is -2.47. The largest absolute Gasteiger partial charge is 0.480 e. The normalized spacial score (nSPS) is 23.9. The molecule has 0 bridgehead atoms. The molecule has 0 aliphatic heterocycles. The highest BCUT2D eigenvalue weighted by Gasteiger charge is 2.23. The third-order valence-electron chi connectivity index (χ3n) is 3.57. The van der Waals surface area contributed by atoms with Crippen LogP contribution in [0, 0.1) is 11.8 Å². The van der Waals surface area contributed by atoms with E-state index in [0.717, 1.165) is 24.5 Å². The molecule has 2 amide bonds. The summed E-state index contributed by atoms with van der Waals surface area (Å²) in [6, 6.07) is -1.16. The molecule has 0 aromatic carbocycles. The second-order valence-electron chi connectivity index (χ2n) is 5.31. The number of aliphatic carboxylic acids is 1. The van der Waals surface area contributed by atoms with Crippen molar-refractivity contribution in [2.75, 3.05) is 18.6 Å². The van der Waals surface area contributed by atoms with Crippen molar-refractivity contribution < 1.29 is 14.7 Å². The first-order valence-corrected chi connectivity index (χ1v) is 8.18. The molecular weight excluding hydrogens is 264 g/mol. The molecule has 1 aliphatic rings. The van der Waals surface area contributed by atoms with E-state index in [1.165, 1.54) is 6.42 Å². The van der Waals surface area contributed by atoms with Gasteiger partial charge in [0, 0.05) is 6.54 Å². The third kappa shape index (κ3) is 6.18.